The van der Waals surface area contributed by atoms with Crippen LogP contribution in [0.15, 0.2) is 61.1 Å². The highest BCUT2D eigenvalue weighted by Gasteiger charge is 2.09. The first kappa shape index (κ1) is 20.6. The molecule has 7 nitrogen and oxygen atoms in total. The van der Waals surface area contributed by atoms with Crippen LogP contribution in [0.3, 0.4) is 0 Å². The van der Waals surface area contributed by atoms with Crippen LogP contribution in [0.25, 0.3) is 11.0 Å². The highest BCUT2D eigenvalue weighted by Crippen LogP contribution is 2.10. The van der Waals surface area contributed by atoms with Crippen molar-refractivity contribution in [1.29, 1.82) is 0 Å². The molecule has 0 unspecified atom stereocenters. The molecule has 0 radical (unpaired) electrons. The number of imidazole rings is 1. The molecule has 0 aliphatic rings. The number of hydrogen-bond acceptors (Lipinski definition) is 5. The monoisotopic (exact) mass is 418 g/mol. The number of carbonyl (C=O) groups is 1. The molecule has 0 saturated heterocycles. The van der Waals surface area contributed by atoms with Gasteiger partial charge < -0.3 is 15.6 Å². The van der Waals surface area contributed by atoms with Crippen molar-refractivity contribution in [2.75, 3.05) is 13.1 Å². The van der Waals surface area contributed by atoms with E-state index < -0.39 is 5.82 Å². The van der Waals surface area contributed by atoms with Crippen LogP contribution in [-0.2, 0) is 19.4 Å². The third-order valence-corrected chi connectivity index (χ3v) is 4.88. The van der Waals surface area contributed by atoms with Crippen molar-refractivity contribution in [1.82, 2.24) is 30.6 Å². The van der Waals surface area contributed by atoms with Gasteiger partial charge in [-0.05, 0) is 48.9 Å². The lowest BCUT2D eigenvalue weighted by Gasteiger charge is -2.07. The standard InChI is InChI=1S/C23H23FN6O/c24-18-4-3-9-27-21(18)15-28-23(31)17-12-16(13-26-14-17)7-10-25-11-8-22-29-19-5-1-2-6-20(19)30-22/h1-6,9,12-14,25H,7-8,10-11,15H2,(H,28,31)(H,29,30). The first-order chi connectivity index (χ1) is 15.2. The van der Waals surface area contributed by atoms with Crippen molar-refractivity contribution in [3.8, 4) is 0 Å². The molecular weight excluding hydrogens is 395 g/mol. The van der Waals surface area contributed by atoms with Gasteiger partial charge in [-0.1, -0.05) is 12.1 Å². The van der Waals surface area contributed by atoms with Crippen LogP contribution >= 0.6 is 0 Å². The van der Waals surface area contributed by atoms with Crippen LogP contribution in [-0.4, -0.2) is 38.9 Å². The molecule has 3 N–H and O–H groups in total. The topological polar surface area (TPSA) is 95.6 Å². The van der Waals surface area contributed by atoms with Crippen molar-refractivity contribution in [2.24, 2.45) is 0 Å². The summed E-state index contributed by atoms with van der Waals surface area (Å²) in [6, 6.07) is 12.6. The fourth-order valence-electron chi connectivity index (χ4n) is 3.25. The predicted molar refractivity (Wildman–Crippen MR) is 116 cm³/mol. The molecular formula is C23H23FN6O. The molecule has 158 valence electrons. The van der Waals surface area contributed by atoms with E-state index in [0.717, 1.165) is 48.4 Å². The number of halogens is 1. The van der Waals surface area contributed by atoms with E-state index in [0.29, 0.717) is 5.56 Å². The van der Waals surface area contributed by atoms with Gasteiger partial charge in [0.1, 0.15) is 11.6 Å². The Labute approximate surface area is 179 Å². The Bertz CT molecular complexity index is 1140. The molecule has 0 fully saturated rings. The van der Waals surface area contributed by atoms with E-state index in [9.17, 15) is 9.18 Å². The fraction of sp³-hybridized carbons (Fsp3) is 0.217. The molecule has 1 amide bonds. The minimum absolute atomic E-state index is 0.0269. The van der Waals surface area contributed by atoms with Crippen LogP contribution in [0.2, 0.25) is 0 Å². The summed E-state index contributed by atoms with van der Waals surface area (Å²) < 4.78 is 13.6. The van der Waals surface area contributed by atoms with E-state index >= 15 is 0 Å². The average molecular weight is 418 g/mol. The van der Waals surface area contributed by atoms with Gasteiger partial charge in [-0.2, -0.15) is 0 Å². The molecule has 3 heterocycles. The van der Waals surface area contributed by atoms with E-state index in [4.69, 9.17) is 0 Å². The number of aromatic nitrogens is 4. The van der Waals surface area contributed by atoms with Crippen LogP contribution in [0.4, 0.5) is 4.39 Å². The Kier molecular flexibility index (Phi) is 6.59. The molecule has 8 heteroatoms. The van der Waals surface area contributed by atoms with Gasteiger partial charge in [0.2, 0.25) is 0 Å². The number of nitrogens with zero attached hydrogens (tertiary/aromatic N) is 3. The fourth-order valence-corrected chi connectivity index (χ4v) is 3.25. The van der Waals surface area contributed by atoms with Crippen LogP contribution < -0.4 is 10.6 Å². The van der Waals surface area contributed by atoms with Crippen LogP contribution in [0.5, 0.6) is 0 Å². The average Bonchev–Trinajstić information content (AvgIpc) is 3.21. The highest BCUT2D eigenvalue weighted by molar-refractivity contribution is 5.93. The molecule has 0 atom stereocenters. The smallest absolute Gasteiger partial charge is 0.253 e. The zero-order valence-corrected chi connectivity index (χ0v) is 16.9. The third kappa shape index (κ3) is 5.49. The highest BCUT2D eigenvalue weighted by atomic mass is 19.1. The molecule has 3 aromatic heterocycles. The van der Waals surface area contributed by atoms with Gasteiger partial charge in [0.15, 0.2) is 0 Å². The maximum atomic E-state index is 13.6. The van der Waals surface area contributed by atoms with E-state index in [1.165, 1.54) is 24.5 Å². The van der Waals surface area contributed by atoms with E-state index in [1.54, 1.807) is 12.3 Å². The summed E-state index contributed by atoms with van der Waals surface area (Å²) in [7, 11) is 0. The summed E-state index contributed by atoms with van der Waals surface area (Å²) >= 11 is 0. The molecule has 0 spiro atoms. The van der Waals surface area contributed by atoms with Gasteiger partial charge in [0.25, 0.3) is 5.91 Å². The predicted octanol–water partition coefficient (Wildman–Crippen LogP) is 2.80. The Balaban J connectivity index is 1.22. The summed E-state index contributed by atoms with van der Waals surface area (Å²) in [4.78, 5) is 28.3. The van der Waals surface area contributed by atoms with Gasteiger partial charge >= 0.3 is 0 Å². The number of aromatic amines is 1. The van der Waals surface area contributed by atoms with E-state index in [-0.39, 0.29) is 18.1 Å². The summed E-state index contributed by atoms with van der Waals surface area (Å²) in [5, 5.41) is 6.07. The first-order valence-corrected chi connectivity index (χ1v) is 10.1. The number of nitrogens with one attached hydrogen (secondary N) is 3. The Morgan fingerprint density at radius 2 is 1.94 bits per heavy atom. The van der Waals surface area contributed by atoms with E-state index in [2.05, 4.69) is 30.6 Å². The number of rotatable bonds is 9. The molecule has 4 aromatic rings. The lowest BCUT2D eigenvalue weighted by molar-refractivity contribution is 0.0949. The number of para-hydroxylation sites is 2. The second kappa shape index (κ2) is 9.90. The number of hydrogen-bond donors (Lipinski definition) is 3. The molecule has 4 rings (SSSR count). The number of carbonyl (C=O) groups excluding carboxylic acids is 1. The Morgan fingerprint density at radius 3 is 2.81 bits per heavy atom. The Morgan fingerprint density at radius 1 is 1.06 bits per heavy atom. The quantitative estimate of drug-likeness (QED) is 0.363. The van der Waals surface area contributed by atoms with Crippen LogP contribution in [0.1, 0.15) is 27.4 Å². The van der Waals surface area contributed by atoms with Gasteiger partial charge in [-0.3, -0.25) is 14.8 Å². The molecule has 0 bridgehead atoms. The first-order valence-electron chi connectivity index (χ1n) is 10.1. The largest absolute Gasteiger partial charge is 0.346 e. The second-order valence-electron chi connectivity index (χ2n) is 7.15. The van der Waals surface area contributed by atoms with Crippen molar-refractivity contribution in [2.45, 2.75) is 19.4 Å². The number of benzene rings is 1. The summed E-state index contributed by atoms with van der Waals surface area (Å²) in [6.45, 7) is 1.58. The maximum Gasteiger partial charge on any atom is 0.253 e. The van der Waals surface area contributed by atoms with Gasteiger partial charge in [0.05, 0.1) is 28.8 Å². The van der Waals surface area contributed by atoms with Gasteiger partial charge in [0, 0.05) is 31.6 Å². The molecule has 0 aliphatic carbocycles. The van der Waals surface area contributed by atoms with Crippen LogP contribution in [0, 0.1) is 5.82 Å². The molecule has 1 aromatic carbocycles. The number of fused-ring (bicyclic) bond motifs is 1. The number of amides is 1. The SMILES string of the molecule is O=C(NCc1ncccc1F)c1cncc(CCNCCc2nc3ccccc3[nH]2)c1. The summed E-state index contributed by atoms with van der Waals surface area (Å²) in [6.07, 6.45) is 6.29. The summed E-state index contributed by atoms with van der Waals surface area (Å²) in [5.74, 6) is 0.207. The number of pyridine rings is 2. The molecule has 0 aliphatic heterocycles. The minimum atomic E-state index is -0.441. The Hall–Kier alpha value is -3.65. The van der Waals surface area contributed by atoms with E-state index in [1.807, 2.05) is 24.3 Å². The van der Waals surface area contributed by atoms with Crippen molar-refractivity contribution >= 4 is 16.9 Å². The molecule has 0 saturated carbocycles. The minimum Gasteiger partial charge on any atom is -0.346 e. The van der Waals surface area contributed by atoms with Crippen molar-refractivity contribution in [3.05, 3.63) is 89.5 Å². The lowest BCUT2D eigenvalue weighted by atomic mass is 10.1. The lowest BCUT2D eigenvalue weighted by Crippen LogP contribution is -2.24. The van der Waals surface area contributed by atoms with Gasteiger partial charge in [-0.15, -0.1) is 0 Å². The third-order valence-electron chi connectivity index (χ3n) is 4.88. The zero-order chi connectivity index (χ0) is 21.5. The second-order valence-corrected chi connectivity index (χ2v) is 7.15. The number of H-pyrrole nitrogens is 1. The zero-order valence-electron chi connectivity index (χ0n) is 16.9. The van der Waals surface area contributed by atoms with Crippen molar-refractivity contribution < 1.29 is 9.18 Å². The molecule has 31 heavy (non-hydrogen) atoms. The van der Waals surface area contributed by atoms with Crippen molar-refractivity contribution in [3.63, 3.8) is 0 Å². The summed E-state index contributed by atoms with van der Waals surface area (Å²) in [5.41, 5.74) is 3.62. The van der Waals surface area contributed by atoms with Gasteiger partial charge in [-0.25, -0.2) is 9.37 Å². The maximum absolute atomic E-state index is 13.6. The normalized spacial score (nSPS) is 11.0.